The van der Waals surface area contributed by atoms with Crippen LogP contribution in [0.2, 0.25) is 10.0 Å². The number of carbonyl (C=O) groups is 1. The summed E-state index contributed by atoms with van der Waals surface area (Å²) < 4.78 is 66.8. The van der Waals surface area contributed by atoms with E-state index < -0.39 is 34.0 Å². The molecule has 0 saturated carbocycles. The Morgan fingerprint density at radius 2 is 1.67 bits per heavy atom. The van der Waals surface area contributed by atoms with Crippen molar-refractivity contribution >= 4 is 39.2 Å². The van der Waals surface area contributed by atoms with Crippen molar-refractivity contribution < 1.29 is 36.2 Å². The lowest BCUT2D eigenvalue weighted by molar-refractivity contribution is -0.139. The zero-order chi connectivity index (χ0) is 31.4. The standard InChI is InChI=1S/C29H26Cl2F3N3O5S/c1-2-22(27-35-16-26(36-27)23-12-9-20(30)15-24(23)31)19-5-3-17(4-6-19)18-7-10-21(11-8-18)42-14-13-25(28(38)39)37-43(40,41)29(32,33)34/h3-12,15-16,22,25,37H,2,13-14H2,1H3,(H,35,36)(H,38,39)/t22?,25-/m0/s1. The summed E-state index contributed by atoms with van der Waals surface area (Å²) in [5.41, 5.74) is -1.19. The number of benzene rings is 3. The molecule has 8 nitrogen and oxygen atoms in total. The van der Waals surface area contributed by atoms with E-state index >= 15 is 0 Å². The van der Waals surface area contributed by atoms with E-state index in [0.717, 1.165) is 44.9 Å². The average molecular weight is 657 g/mol. The van der Waals surface area contributed by atoms with Gasteiger partial charge in [0.2, 0.25) is 0 Å². The molecule has 0 fully saturated rings. The Hall–Kier alpha value is -3.58. The molecule has 0 aliphatic heterocycles. The highest BCUT2D eigenvalue weighted by atomic mass is 35.5. The number of nitrogens with one attached hydrogen (secondary N) is 2. The van der Waals surface area contributed by atoms with Crippen LogP contribution in [-0.4, -0.2) is 47.6 Å². The van der Waals surface area contributed by atoms with E-state index in [4.69, 9.17) is 33.0 Å². The second kappa shape index (κ2) is 13.4. The minimum Gasteiger partial charge on any atom is -0.494 e. The number of aromatic nitrogens is 2. The lowest BCUT2D eigenvalue weighted by Gasteiger charge is -2.16. The summed E-state index contributed by atoms with van der Waals surface area (Å²) in [4.78, 5) is 19.2. The van der Waals surface area contributed by atoms with Gasteiger partial charge < -0.3 is 14.8 Å². The molecule has 14 heteroatoms. The number of carboxylic acid groups (broad SMARTS) is 1. The second-order valence-electron chi connectivity index (χ2n) is 9.51. The van der Waals surface area contributed by atoms with Crippen molar-refractivity contribution in [1.82, 2.24) is 14.7 Å². The fourth-order valence-corrected chi connectivity index (χ4v) is 5.62. The molecular formula is C29H26Cl2F3N3O5S. The number of H-pyrrole nitrogens is 1. The van der Waals surface area contributed by atoms with E-state index in [-0.39, 0.29) is 12.5 Å². The van der Waals surface area contributed by atoms with Crippen molar-refractivity contribution in [3.8, 4) is 28.1 Å². The molecule has 4 rings (SSSR count). The van der Waals surface area contributed by atoms with Gasteiger partial charge in [-0.15, -0.1) is 0 Å². The summed E-state index contributed by atoms with van der Waals surface area (Å²) in [6.07, 6.45) is 2.03. The monoisotopic (exact) mass is 655 g/mol. The van der Waals surface area contributed by atoms with Crippen LogP contribution >= 0.6 is 23.2 Å². The van der Waals surface area contributed by atoms with Gasteiger partial charge in [-0.25, -0.2) is 13.4 Å². The third-order valence-corrected chi connectivity index (χ3v) is 8.38. The molecule has 0 bridgehead atoms. The van der Waals surface area contributed by atoms with E-state index in [0.29, 0.717) is 15.8 Å². The van der Waals surface area contributed by atoms with Crippen molar-refractivity contribution in [3.05, 3.63) is 94.4 Å². The number of halogens is 5. The molecule has 0 amide bonds. The van der Waals surface area contributed by atoms with Crippen molar-refractivity contribution in [1.29, 1.82) is 0 Å². The van der Waals surface area contributed by atoms with Gasteiger partial charge in [0.15, 0.2) is 0 Å². The number of sulfonamides is 1. The van der Waals surface area contributed by atoms with Gasteiger partial charge in [-0.3, -0.25) is 4.79 Å². The van der Waals surface area contributed by atoms with Crippen LogP contribution in [0.25, 0.3) is 22.4 Å². The smallest absolute Gasteiger partial charge is 0.494 e. The van der Waals surface area contributed by atoms with Crippen LogP contribution < -0.4 is 9.46 Å². The van der Waals surface area contributed by atoms with E-state index in [1.54, 1.807) is 42.6 Å². The van der Waals surface area contributed by atoms with E-state index in [9.17, 15) is 26.4 Å². The van der Waals surface area contributed by atoms with Crippen LogP contribution in [0.5, 0.6) is 5.75 Å². The van der Waals surface area contributed by atoms with Gasteiger partial charge >= 0.3 is 21.5 Å². The van der Waals surface area contributed by atoms with Crippen LogP contribution in [0.4, 0.5) is 13.2 Å². The van der Waals surface area contributed by atoms with Crippen molar-refractivity contribution in [2.75, 3.05) is 6.61 Å². The predicted octanol–water partition coefficient (Wildman–Crippen LogP) is 7.25. The maximum absolute atomic E-state index is 12.6. The first-order valence-corrected chi connectivity index (χ1v) is 15.2. The second-order valence-corrected chi connectivity index (χ2v) is 12.1. The molecule has 4 aromatic rings. The SMILES string of the molecule is CCC(c1ccc(-c2ccc(OCC[C@H](NS(=O)(=O)C(F)(F)F)C(=O)O)cc2)cc1)c1ncc(-c2ccc(Cl)cc2Cl)[nH]1. The van der Waals surface area contributed by atoms with Crippen molar-refractivity contribution in [3.63, 3.8) is 0 Å². The number of imidazole rings is 1. The highest BCUT2D eigenvalue weighted by Crippen LogP contribution is 2.33. The summed E-state index contributed by atoms with van der Waals surface area (Å²) in [6, 6.07) is 18.0. The van der Waals surface area contributed by atoms with Crippen LogP contribution in [0.3, 0.4) is 0 Å². The van der Waals surface area contributed by atoms with Gasteiger partial charge in [0.05, 0.1) is 23.5 Å². The minimum absolute atomic E-state index is 0.0138. The van der Waals surface area contributed by atoms with E-state index in [1.807, 2.05) is 30.3 Å². The Morgan fingerprint density at radius 3 is 2.23 bits per heavy atom. The highest BCUT2D eigenvalue weighted by Gasteiger charge is 2.47. The number of nitrogens with zero attached hydrogens (tertiary/aromatic N) is 1. The van der Waals surface area contributed by atoms with Gasteiger partial charge in [-0.1, -0.05) is 66.5 Å². The molecule has 0 aliphatic carbocycles. The van der Waals surface area contributed by atoms with Crippen molar-refractivity contribution in [2.24, 2.45) is 0 Å². The Kier molecular flexibility index (Phi) is 10.1. The normalized spacial score (nSPS) is 13.4. The number of aromatic amines is 1. The van der Waals surface area contributed by atoms with Crippen molar-refractivity contribution in [2.45, 2.75) is 37.2 Å². The molecule has 3 N–H and O–H groups in total. The topological polar surface area (TPSA) is 121 Å². The minimum atomic E-state index is -5.81. The summed E-state index contributed by atoms with van der Waals surface area (Å²) in [7, 11) is -5.81. The number of rotatable bonds is 12. The third-order valence-electron chi connectivity index (χ3n) is 6.63. The summed E-state index contributed by atoms with van der Waals surface area (Å²) in [5.74, 6) is -0.600. The number of carboxylic acids is 1. The molecule has 0 radical (unpaired) electrons. The predicted molar refractivity (Wildman–Crippen MR) is 158 cm³/mol. The third kappa shape index (κ3) is 7.88. The molecule has 43 heavy (non-hydrogen) atoms. The fourth-order valence-electron chi connectivity index (χ4n) is 4.38. The molecule has 0 aliphatic rings. The first-order valence-electron chi connectivity index (χ1n) is 12.9. The van der Waals surface area contributed by atoms with Gasteiger partial charge in [0, 0.05) is 22.9 Å². The van der Waals surface area contributed by atoms with Gasteiger partial charge in [-0.05, 0) is 53.4 Å². The number of aliphatic carboxylic acids is 1. The molecule has 228 valence electrons. The van der Waals surface area contributed by atoms with Gasteiger partial charge in [0.25, 0.3) is 0 Å². The summed E-state index contributed by atoms with van der Waals surface area (Å²) in [6.45, 7) is 1.74. The first kappa shape index (κ1) is 32.3. The van der Waals surface area contributed by atoms with E-state index in [1.165, 1.54) is 0 Å². The first-order chi connectivity index (χ1) is 20.3. The molecule has 1 unspecified atom stereocenters. The Bertz CT molecular complexity index is 1680. The molecule has 0 spiro atoms. The molecule has 1 heterocycles. The molecule has 3 aromatic carbocycles. The lowest BCUT2D eigenvalue weighted by Crippen LogP contribution is -2.47. The lowest BCUT2D eigenvalue weighted by atomic mass is 9.93. The molecule has 0 saturated heterocycles. The number of hydrogen-bond donors (Lipinski definition) is 3. The molecule has 2 atom stereocenters. The zero-order valence-corrected chi connectivity index (χ0v) is 24.9. The van der Waals surface area contributed by atoms with Crippen LogP contribution in [0.1, 0.15) is 37.1 Å². The Labute approximate surface area is 255 Å². The summed E-state index contributed by atoms with van der Waals surface area (Å²) in [5, 5.41) is 10.2. The van der Waals surface area contributed by atoms with E-state index in [2.05, 4.69) is 16.9 Å². The molecular weight excluding hydrogens is 630 g/mol. The van der Waals surface area contributed by atoms with Gasteiger partial charge in [0.1, 0.15) is 17.6 Å². The van der Waals surface area contributed by atoms with Crippen LogP contribution in [-0.2, 0) is 14.8 Å². The Balaban J connectivity index is 1.38. The highest BCUT2D eigenvalue weighted by molar-refractivity contribution is 7.90. The number of alkyl halides is 3. The maximum Gasteiger partial charge on any atom is 0.511 e. The quantitative estimate of drug-likeness (QED) is 0.148. The maximum atomic E-state index is 12.6. The number of hydrogen-bond acceptors (Lipinski definition) is 5. The largest absolute Gasteiger partial charge is 0.511 e. The molecule has 1 aromatic heterocycles. The number of ether oxygens (including phenoxy) is 1. The zero-order valence-electron chi connectivity index (χ0n) is 22.5. The fraction of sp³-hybridized carbons (Fsp3) is 0.241. The average Bonchev–Trinajstić information content (AvgIpc) is 3.42. The Morgan fingerprint density at radius 1 is 1.05 bits per heavy atom. The summed E-state index contributed by atoms with van der Waals surface area (Å²) >= 11 is 12.4. The van der Waals surface area contributed by atoms with Crippen LogP contribution in [0, 0.1) is 0 Å². The van der Waals surface area contributed by atoms with Crippen LogP contribution in [0.15, 0.2) is 72.9 Å². The van der Waals surface area contributed by atoms with Gasteiger partial charge in [-0.2, -0.15) is 17.9 Å².